The molecule has 0 aliphatic rings. The third kappa shape index (κ3) is 2.68. The highest BCUT2D eigenvalue weighted by atomic mass is 19.4. The summed E-state index contributed by atoms with van der Waals surface area (Å²) in [5.41, 5.74) is -5.53. The van der Waals surface area contributed by atoms with Crippen LogP contribution in [0, 0.1) is 6.42 Å². The molecule has 0 fully saturated rings. The van der Waals surface area contributed by atoms with Crippen molar-refractivity contribution in [2.45, 2.75) is 18.0 Å². The molecule has 0 amide bonds. The van der Waals surface area contributed by atoms with Crippen LogP contribution in [-0.2, 0) is 0 Å². The minimum absolute atomic E-state index is 0.368. The van der Waals surface area contributed by atoms with Crippen molar-refractivity contribution in [3.05, 3.63) is 36.5 Å². The highest BCUT2D eigenvalue weighted by molar-refractivity contribution is 5.22. The lowest BCUT2D eigenvalue weighted by Gasteiger charge is -2.31. The molecule has 1 radical (unpaired) electrons. The minimum Gasteiger partial charge on any atom is -0.373 e. The van der Waals surface area contributed by atoms with Crippen LogP contribution in [0.2, 0.25) is 0 Å². The summed E-state index contributed by atoms with van der Waals surface area (Å²) in [6.45, 7) is 0. The number of hydrogen-bond donors (Lipinski definition) is 1. The van der Waals surface area contributed by atoms with Crippen LogP contribution in [-0.4, -0.2) is 28.0 Å². The van der Waals surface area contributed by atoms with Gasteiger partial charge in [0.2, 0.25) is 0 Å². The molecule has 1 N–H and O–H groups in total. The van der Waals surface area contributed by atoms with Gasteiger partial charge in [-0.3, -0.25) is 4.98 Å². The van der Waals surface area contributed by atoms with Gasteiger partial charge in [-0.2, -0.15) is 26.3 Å². The molecule has 2 nitrogen and oxygen atoms in total. The number of rotatable bonds is 2. The van der Waals surface area contributed by atoms with Crippen molar-refractivity contribution in [3.8, 4) is 0 Å². The largest absolute Gasteiger partial charge is 0.426 e. The first-order valence-corrected chi connectivity index (χ1v) is 4.21. The second-order valence-electron chi connectivity index (χ2n) is 3.16. The van der Waals surface area contributed by atoms with Gasteiger partial charge in [0.05, 0.1) is 6.42 Å². The molecular weight excluding hydrogens is 252 g/mol. The van der Waals surface area contributed by atoms with E-state index in [1.54, 1.807) is 0 Å². The molecule has 0 saturated carbocycles. The number of halogens is 6. The number of aliphatic hydroxyl groups is 1. The van der Waals surface area contributed by atoms with E-state index in [9.17, 15) is 26.3 Å². The number of alkyl halides is 6. The Hall–Kier alpha value is -1.31. The van der Waals surface area contributed by atoms with Crippen molar-refractivity contribution >= 4 is 0 Å². The maximum Gasteiger partial charge on any atom is 0.426 e. The molecule has 95 valence electrons. The van der Waals surface area contributed by atoms with Crippen LogP contribution < -0.4 is 0 Å². The molecule has 1 rings (SSSR count). The normalized spacial score (nSPS) is 13.8. The molecule has 1 heterocycles. The minimum atomic E-state index is -5.87. The second-order valence-corrected chi connectivity index (χ2v) is 3.16. The fourth-order valence-electron chi connectivity index (χ4n) is 1.000. The Kier molecular flexibility index (Phi) is 3.37. The number of aromatic nitrogens is 1. The zero-order valence-corrected chi connectivity index (χ0v) is 8.05. The SMILES string of the molecule is OC([CH]c1ccccn1)(C(F)(F)F)C(F)(F)F. The summed E-state index contributed by atoms with van der Waals surface area (Å²) in [5.74, 6) is 0. The zero-order chi connectivity index (χ0) is 13.3. The summed E-state index contributed by atoms with van der Waals surface area (Å²) >= 11 is 0. The second kappa shape index (κ2) is 4.17. The Morgan fingerprint density at radius 3 is 1.88 bits per heavy atom. The lowest BCUT2D eigenvalue weighted by Crippen LogP contribution is -2.57. The van der Waals surface area contributed by atoms with Gasteiger partial charge >= 0.3 is 12.4 Å². The summed E-state index contributed by atoms with van der Waals surface area (Å²) in [6, 6.07) is 3.44. The number of nitrogens with zero attached hydrogens (tertiary/aromatic N) is 1. The van der Waals surface area contributed by atoms with Crippen molar-refractivity contribution in [3.63, 3.8) is 0 Å². The fourth-order valence-corrected chi connectivity index (χ4v) is 1.000. The van der Waals surface area contributed by atoms with Gasteiger partial charge in [-0.05, 0) is 12.1 Å². The van der Waals surface area contributed by atoms with E-state index in [0.717, 1.165) is 12.3 Å². The lowest BCUT2D eigenvalue weighted by atomic mass is 9.96. The molecule has 0 atom stereocenters. The molecule has 0 aliphatic heterocycles. The first-order chi connectivity index (χ1) is 7.58. The van der Waals surface area contributed by atoms with Crippen LogP contribution in [0.25, 0.3) is 0 Å². The van der Waals surface area contributed by atoms with Crippen LogP contribution >= 0.6 is 0 Å². The summed E-state index contributed by atoms with van der Waals surface area (Å²) in [7, 11) is 0. The predicted molar refractivity (Wildman–Crippen MR) is 44.7 cm³/mol. The maximum atomic E-state index is 12.3. The summed E-state index contributed by atoms with van der Waals surface area (Å²) in [4.78, 5) is 3.28. The average molecular weight is 258 g/mol. The molecule has 0 spiro atoms. The van der Waals surface area contributed by atoms with E-state index in [2.05, 4.69) is 4.98 Å². The van der Waals surface area contributed by atoms with Crippen LogP contribution in [0.5, 0.6) is 0 Å². The molecule has 17 heavy (non-hydrogen) atoms. The molecule has 0 bridgehead atoms. The fraction of sp³-hybridized carbons (Fsp3) is 0.333. The molecule has 1 aromatic heterocycles. The van der Waals surface area contributed by atoms with Crippen molar-refractivity contribution in [1.29, 1.82) is 0 Å². The summed E-state index contributed by atoms with van der Waals surface area (Å²) < 4.78 is 73.5. The van der Waals surface area contributed by atoms with E-state index in [1.807, 2.05) is 0 Å². The van der Waals surface area contributed by atoms with E-state index in [-0.39, 0.29) is 6.42 Å². The van der Waals surface area contributed by atoms with E-state index in [4.69, 9.17) is 5.11 Å². The van der Waals surface area contributed by atoms with Crippen molar-refractivity contribution < 1.29 is 31.4 Å². The Balaban J connectivity index is 3.11. The summed E-state index contributed by atoms with van der Waals surface area (Å²) in [5, 5.41) is 8.79. The highest BCUT2D eigenvalue weighted by Crippen LogP contribution is 2.45. The van der Waals surface area contributed by atoms with Gasteiger partial charge in [-0.15, -0.1) is 0 Å². The molecule has 0 aliphatic carbocycles. The summed E-state index contributed by atoms with van der Waals surface area (Å²) in [6.07, 6.45) is -11.1. The Bertz CT molecular complexity index is 357. The van der Waals surface area contributed by atoms with E-state index >= 15 is 0 Å². The first kappa shape index (κ1) is 13.8. The number of hydrogen-bond acceptors (Lipinski definition) is 2. The quantitative estimate of drug-likeness (QED) is 0.827. The first-order valence-electron chi connectivity index (χ1n) is 4.21. The smallest absolute Gasteiger partial charge is 0.373 e. The van der Waals surface area contributed by atoms with E-state index in [0.29, 0.717) is 0 Å². The van der Waals surface area contributed by atoms with Crippen molar-refractivity contribution in [2.75, 3.05) is 0 Å². The van der Waals surface area contributed by atoms with Crippen molar-refractivity contribution in [1.82, 2.24) is 4.98 Å². The number of pyridine rings is 1. The van der Waals surface area contributed by atoms with Gasteiger partial charge in [-0.25, -0.2) is 0 Å². The predicted octanol–water partition coefficient (Wildman–Crippen LogP) is 2.49. The van der Waals surface area contributed by atoms with Crippen LogP contribution in [0.15, 0.2) is 24.4 Å². The third-order valence-electron chi connectivity index (χ3n) is 1.91. The monoisotopic (exact) mass is 258 g/mol. The van der Waals surface area contributed by atoms with Crippen molar-refractivity contribution in [2.24, 2.45) is 0 Å². The molecule has 0 aromatic carbocycles. The average Bonchev–Trinajstić information content (AvgIpc) is 2.15. The third-order valence-corrected chi connectivity index (χ3v) is 1.91. The molecular formula is C9H6F6NO. The zero-order valence-electron chi connectivity index (χ0n) is 8.05. The molecule has 1 aromatic rings. The van der Waals surface area contributed by atoms with Gasteiger partial charge in [-0.1, -0.05) is 6.07 Å². The standard InChI is InChI=1S/C9H6F6NO/c10-8(11,12)7(17,9(13,14)15)5-6-3-1-2-4-16-6/h1-5,17H. The van der Waals surface area contributed by atoms with Gasteiger partial charge in [0.25, 0.3) is 5.60 Å². The molecule has 0 saturated heterocycles. The Morgan fingerprint density at radius 1 is 1.00 bits per heavy atom. The van der Waals surface area contributed by atoms with Crippen LogP contribution in [0.4, 0.5) is 26.3 Å². The Morgan fingerprint density at radius 2 is 1.53 bits per heavy atom. The molecule has 0 unspecified atom stereocenters. The van der Waals surface area contributed by atoms with Crippen LogP contribution in [0.1, 0.15) is 5.69 Å². The lowest BCUT2D eigenvalue weighted by molar-refractivity contribution is -0.353. The van der Waals surface area contributed by atoms with E-state index in [1.165, 1.54) is 12.1 Å². The van der Waals surface area contributed by atoms with E-state index < -0.39 is 23.6 Å². The van der Waals surface area contributed by atoms with Gasteiger partial charge in [0.15, 0.2) is 0 Å². The van der Waals surface area contributed by atoms with Crippen LogP contribution in [0.3, 0.4) is 0 Å². The Labute approximate surface area is 91.9 Å². The topological polar surface area (TPSA) is 33.1 Å². The highest BCUT2D eigenvalue weighted by Gasteiger charge is 2.70. The maximum absolute atomic E-state index is 12.3. The van der Waals surface area contributed by atoms with Gasteiger partial charge in [0.1, 0.15) is 0 Å². The van der Waals surface area contributed by atoms with Gasteiger partial charge < -0.3 is 5.11 Å². The van der Waals surface area contributed by atoms with Gasteiger partial charge in [0, 0.05) is 11.9 Å². The molecule has 8 heteroatoms.